The first-order valence-electron chi connectivity index (χ1n) is 6.26. The maximum Gasteiger partial charge on any atom is 0.573 e. The van der Waals surface area contributed by atoms with Crippen molar-refractivity contribution < 1.29 is 17.9 Å². The van der Waals surface area contributed by atoms with Gasteiger partial charge in [0.15, 0.2) is 5.82 Å². The zero-order chi connectivity index (χ0) is 16.6. The number of hydrogen-bond donors (Lipinski definition) is 0. The Morgan fingerprint density at radius 1 is 1.22 bits per heavy atom. The summed E-state index contributed by atoms with van der Waals surface area (Å²) in [7, 11) is 0. The van der Waals surface area contributed by atoms with E-state index in [4.69, 9.17) is 11.6 Å². The molecule has 0 radical (unpaired) electrons. The summed E-state index contributed by atoms with van der Waals surface area (Å²) in [6.45, 7) is 0. The molecule has 0 bridgehead atoms. The van der Waals surface area contributed by atoms with Crippen molar-refractivity contribution in [3.8, 4) is 17.3 Å². The van der Waals surface area contributed by atoms with Crippen LogP contribution in [0.4, 0.5) is 13.2 Å². The summed E-state index contributed by atoms with van der Waals surface area (Å²) in [6, 6.07) is 7.73. The molecule has 3 rings (SSSR count). The summed E-state index contributed by atoms with van der Waals surface area (Å²) in [5, 5.41) is 0.505. The molecule has 4 nitrogen and oxygen atoms in total. The molecule has 3 aromatic rings. The molecule has 2 heterocycles. The van der Waals surface area contributed by atoms with E-state index >= 15 is 0 Å². The van der Waals surface area contributed by atoms with E-state index in [0.717, 1.165) is 0 Å². The van der Waals surface area contributed by atoms with Gasteiger partial charge in [-0.25, -0.2) is 4.98 Å². The van der Waals surface area contributed by atoms with E-state index in [1.807, 2.05) is 0 Å². The largest absolute Gasteiger partial charge is 0.573 e. The van der Waals surface area contributed by atoms with Crippen LogP contribution in [0.1, 0.15) is 0 Å². The summed E-state index contributed by atoms with van der Waals surface area (Å²) in [5.74, 6) is 0.279. The predicted molar refractivity (Wildman–Crippen MR) is 82.3 cm³/mol. The van der Waals surface area contributed by atoms with Gasteiger partial charge in [-0.1, -0.05) is 11.6 Å². The maximum atomic E-state index is 12.3. The fourth-order valence-electron chi connectivity index (χ4n) is 1.98. The molecular weight excluding hydrogens is 399 g/mol. The topological polar surface area (TPSA) is 32.0 Å². The smallest absolute Gasteiger partial charge is 0.405 e. The molecule has 0 saturated carbocycles. The van der Waals surface area contributed by atoms with Gasteiger partial charge in [-0.3, -0.25) is 4.57 Å². The van der Waals surface area contributed by atoms with Crippen molar-refractivity contribution in [3.63, 3.8) is 0 Å². The Morgan fingerprint density at radius 3 is 2.61 bits per heavy atom. The number of rotatable bonds is 3. The summed E-state index contributed by atoms with van der Waals surface area (Å²) in [5.41, 5.74) is 0.619. The normalized spacial score (nSPS) is 11.7. The van der Waals surface area contributed by atoms with Crippen molar-refractivity contribution in [2.45, 2.75) is 6.36 Å². The van der Waals surface area contributed by atoms with Gasteiger partial charge in [-0.2, -0.15) is 0 Å². The van der Waals surface area contributed by atoms with Crippen molar-refractivity contribution in [1.82, 2.24) is 14.1 Å². The molecule has 0 saturated heterocycles. The molecule has 0 N–H and O–H groups in total. The summed E-state index contributed by atoms with van der Waals surface area (Å²) < 4.78 is 44.2. The molecule has 0 amide bonds. The number of halogens is 5. The minimum Gasteiger partial charge on any atom is -0.405 e. The van der Waals surface area contributed by atoms with E-state index in [1.165, 1.54) is 24.5 Å². The summed E-state index contributed by atoms with van der Waals surface area (Å²) in [6.07, 6.45) is 0.262. The fourth-order valence-corrected chi connectivity index (χ4v) is 2.64. The number of imidazole rings is 1. The van der Waals surface area contributed by atoms with Crippen LogP contribution < -0.4 is 4.74 Å². The van der Waals surface area contributed by atoms with Crippen molar-refractivity contribution in [2.75, 3.05) is 0 Å². The van der Waals surface area contributed by atoms with Crippen LogP contribution in [0, 0.1) is 0 Å². The lowest BCUT2D eigenvalue weighted by Gasteiger charge is -2.11. The van der Waals surface area contributed by atoms with Gasteiger partial charge in [0.05, 0.1) is 10.7 Å². The lowest BCUT2D eigenvalue weighted by molar-refractivity contribution is -0.274. The zero-order valence-electron chi connectivity index (χ0n) is 11.3. The third-order valence-electron chi connectivity index (χ3n) is 2.95. The molecule has 0 fully saturated rings. The number of alkyl halides is 3. The quantitative estimate of drug-likeness (QED) is 0.614. The monoisotopic (exact) mass is 405 g/mol. The highest BCUT2D eigenvalue weighted by Crippen LogP contribution is 2.32. The summed E-state index contributed by atoms with van der Waals surface area (Å²) >= 11 is 9.09. The molecule has 9 heteroatoms. The van der Waals surface area contributed by atoms with Crippen LogP contribution in [-0.4, -0.2) is 20.5 Å². The molecule has 1 aromatic carbocycles. The Labute approximate surface area is 142 Å². The van der Waals surface area contributed by atoms with Crippen LogP contribution in [0.25, 0.3) is 11.5 Å². The average molecular weight is 407 g/mol. The van der Waals surface area contributed by atoms with Crippen molar-refractivity contribution >= 4 is 27.5 Å². The van der Waals surface area contributed by atoms with Gasteiger partial charge >= 0.3 is 6.36 Å². The van der Waals surface area contributed by atoms with E-state index in [-0.39, 0.29) is 10.2 Å². The van der Waals surface area contributed by atoms with Crippen LogP contribution in [0.15, 0.2) is 53.5 Å². The third kappa shape index (κ3) is 3.53. The van der Waals surface area contributed by atoms with Gasteiger partial charge in [-0.15, -0.1) is 13.2 Å². The molecular formula is C14H8BrClF3N3O. The molecule has 23 heavy (non-hydrogen) atoms. The van der Waals surface area contributed by atoms with Gasteiger partial charge in [0.1, 0.15) is 17.2 Å². The number of ether oxygens (including phenoxy) is 1. The first-order valence-corrected chi connectivity index (χ1v) is 7.43. The highest BCUT2D eigenvalue weighted by Gasteiger charge is 2.32. The third-order valence-corrected chi connectivity index (χ3v) is 3.88. The van der Waals surface area contributed by atoms with Gasteiger partial charge in [0, 0.05) is 11.9 Å². The number of benzene rings is 1. The molecule has 0 atom stereocenters. The second-order valence-electron chi connectivity index (χ2n) is 4.50. The van der Waals surface area contributed by atoms with Crippen LogP contribution in [0.5, 0.6) is 5.75 Å². The minimum atomic E-state index is -4.74. The van der Waals surface area contributed by atoms with E-state index < -0.39 is 6.36 Å². The van der Waals surface area contributed by atoms with Crippen LogP contribution in [0.2, 0.25) is 5.15 Å². The van der Waals surface area contributed by atoms with Gasteiger partial charge < -0.3 is 9.30 Å². The first-order chi connectivity index (χ1) is 10.8. The Morgan fingerprint density at radius 2 is 2.00 bits per heavy atom. The number of hydrogen-bond acceptors (Lipinski definition) is 2. The molecule has 0 spiro atoms. The second-order valence-corrected chi connectivity index (χ2v) is 5.74. The van der Waals surface area contributed by atoms with Crippen LogP contribution in [0.3, 0.4) is 0 Å². The van der Waals surface area contributed by atoms with Crippen LogP contribution >= 0.6 is 27.5 Å². The lowest BCUT2D eigenvalue weighted by atomic mass is 10.3. The highest BCUT2D eigenvalue weighted by atomic mass is 79.9. The minimum absolute atomic E-state index is 0.182. The SMILES string of the molecule is FC(F)(F)Oc1ccc(-n2cnc(-n3cccc3Cl)c2)cc1Br. The molecule has 0 aliphatic carbocycles. The Kier molecular flexibility index (Phi) is 4.11. The maximum absolute atomic E-state index is 12.3. The van der Waals surface area contributed by atoms with Gasteiger partial charge in [0.2, 0.25) is 0 Å². The zero-order valence-corrected chi connectivity index (χ0v) is 13.6. The fraction of sp³-hybridized carbons (Fsp3) is 0.0714. The number of nitrogens with zero attached hydrogens (tertiary/aromatic N) is 3. The molecule has 0 unspecified atom stereocenters. The molecule has 0 aliphatic rings. The highest BCUT2D eigenvalue weighted by molar-refractivity contribution is 9.10. The first kappa shape index (κ1) is 15.9. The predicted octanol–water partition coefficient (Wildman–Crippen LogP) is 4.98. The van der Waals surface area contributed by atoms with Crippen molar-refractivity contribution in [3.05, 3.63) is 58.7 Å². The standard InChI is InChI=1S/C14H8BrClF3N3O/c15-10-6-9(3-4-11(10)23-14(17,18)19)21-7-13(20-8-21)22-5-1-2-12(22)16/h1-8H. The second kappa shape index (κ2) is 5.93. The van der Waals surface area contributed by atoms with Crippen molar-refractivity contribution in [1.29, 1.82) is 0 Å². The lowest BCUT2D eigenvalue weighted by Crippen LogP contribution is -2.17. The van der Waals surface area contributed by atoms with E-state index in [9.17, 15) is 13.2 Å². The molecule has 0 aliphatic heterocycles. The van der Waals surface area contributed by atoms with Crippen LogP contribution in [-0.2, 0) is 0 Å². The van der Waals surface area contributed by atoms with Crippen molar-refractivity contribution in [2.24, 2.45) is 0 Å². The van der Waals surface area contributed by atoms with E-state index in [1.54, 1.807) is 33.7 Å². The Hall–Kier alpha value is -1.93. The molecule has 2 aromatic heterocycles. The van der Waals surface area contributed by atoms with E-state index in [2.05, 4.69) is 25.7 Å². The van der Waals surface area contributed by atoms with E-state index in [0.29, 0.717) is 16.7 Å². The van der Waals surface area contributed by atoms with Gasteiger partial charge in [-0.05, 0) is 46.3 Å². The number of aromatic nitrogens is 3. The summed E-state index contributed by atoms with van der Waals surface area (Å²) in [4.78, 5) is 4.22. The Balaban J connectivity index is 1.90. The Bertz CT molecular complexity index is 844. The average Bonchev–Trinajstić information content (AvgIpc) is 3.08. The van der Waals surface area contributed by atoms with Gasteiger partial charge in [0.25, 0.3) is 0 Å². The molecule has 120 valence electrons.